The molecule has 0 saturated heterocycles. The highest BCUT2D eigenvalue weighted by atomic mass is 35.5. The van der Waals surface area contributed by atoms with Gasteiger partial charge in [-0.2, -0.15) is 0 Å². The average molecular weight is 325 g/mol. The summed E-state index contributed by atoms with van der Waals surface area (Å²) >= 11 is 5.78. The van der Waals surface area contributed by atoms with Crippen molar-refractivity contribution in [2.45, 2.75) is 0 Å². The largest absolute Gasteiger partial charge is 0.507 e. The van der Waals surface area contributed by atoms with E-state index < -0.39 is 0 Å². The summed E-state index contributed by atoms with van der Waals surface area (Å²) in [5.41, 5.74) is 0.675. The molecule has 0 aliphatic carbocycles. The number of benzene rings is 3. The predicted octanol–water partition coefficient (Wildman–Crippen LogP) is 5.07. The molecule has 23 heavy (non-hydrogen) atoms. The van der Waals surface area contributed by atoms with Crippen LogP contribution in [0.3, 0.4) is 0 Å². The van der Waals surface area contributed by atoms with Crippen LogP contribution in [0.25, 0.3) is 0 Å². The number of phenols is 1. The molecule has 0 radical (unpaired) electrons. The van der Waals surface area contributed by atoms with Gasteiger partial charge in [-0.3, -0.25) is 4.79 Å². The van der Waals surface area contributed by atoms with Crippen LogP contribution >= 0.6 is 11.6 Å². The van der Waals surface area contributed by atoms with Crippen LogP contribution in [0.1, 0.15) is 15.9 Å². The maximum absolute atomic E-state index is 12.4. The number of rotatable bonds is 4. The topological polar surface area (TPSA) is 46.5 Å². The van der Waals surface area contributed by atoms with Gasteiger partial charge in [0.15, 0.2) is 5.78 Å². The van der Waals surface area contributed by atoms with Gasteiger partial charge in [0, 0.05) is 10.6 Å². The van der Waals surface area contributed by atoms with Gasteiger partial charge in [0.1, 0.15) is 17.2 Å². The lowest BCUT2D eigenvalue weighted by atomic mass is 10.0. The highest BCUT2D eigenvalue weighted by Gasteiger charge is 2.14. The molecule has 114 valence electrons. The van der Waals surface area contributed by atoms with Gasteiger partial charge in [-0.15, -0.1) is 0 Å². The van der Waals surface area contributed by atoms with E-state index in [0.717, 1.165) is 5.75 Å². The summed E-state index contributed by atoms with van der Waals surface area (Å²) in [4.78, 5) is 12.4. The van der Waals surface area contributed by atoms with Gasteiger partial charge in [-0.1, -0.05) is 29.8 Å². The zero-order valence-corrected chi connectivity index (χ0v) is 12.8. The molecule has 3 rings (SSSR count). The highest BCUT2D eigenvalue weighted by Crippen LogP contribution is 2.26. The zero-order chi connectivity index (χ0) is 16.2. The number of para-hydroxylation sites is 1. The first-order chi connectivity index (χ1) is 11.1. The summed E-state index contributed by atoms with van der Waals surface area (Å²) < 4.78 is 5.68. The molecule has 3 aromatic rings. The van der Waals surface area contributed by atoms with Crippen LogP contribution in [-0.2, 0) is 0 Å². The molecule has 3 nitrogen and oxygen atoms in total. The number of hydrogen-bond acceptors (Lipinski definition) is 3. The van der Waals surface area contributed by atoms with Crippen molar-refractivity contribution in [3.8, 4) is 17.2 Å². The maximum Gasteiger partial charge on any atom is 0.196 e. The lowest BCUT2D eigenvalue weighted by Gasteiger charge is -2.07. The molecule has 3 aromatic carbocycles. The monoisotopic (exact) mass is 324 g/mol. The zero-order valence-electron chi connectivity index (χ0n) is 12.1. The smallest absolute Gasteiger partial charge is 0.196 e. The minimum absolute atomic E-state index is 0.132. The lowest BCUT2D eigenvalue weighted by Crippen LogP contribution is -2.01. The van der Waals surface area contributed by atoms with Crippen molar-refractivity contribution in [3.63, 3.8) is 0 Å². The Hall–Kier alpha value is -2.78. The number of carbonyl (C=O) groups excluding carboxylic acids is 1. The van der Waals surface area contributed by atoms with Crippen LogP contribution in [0, 0.1) is 0 Å². The number of carbonyl (C=O) groups is 1. The summed E-state index contributed by atoms with van der Waals surface area (Å²) in [5, 5.41) is 10.2. The van der Waals surface area contributed by atoms with Crippen molar-refractivity contribution >= 4 is 17.4 Å². The second-order valence-electron chi connectivity index (χ2n) is 4.93. The van der Waals surface area contributed by atoms with E-state index in [9.17, 15) is 9.90 Å². The third-order valence-corrected chi connectivity index (χ3v) is 3.53. The van der Waals surface area contributed by atoms with E-state index in [-0.39, 0.29) is 17.1 Å². The molecule has 0 aliphatic heterocycles. The second-order valence-corrected chi connectivity index (χ2v) is 5.37. The molecule has 0 aromatic heterocycles. The molecule has 0 spiro atoms. The molecule has 0 aliphatic rings. The Morgan fingerprint density at radius 1 is 0.870 bits per heavy atom. The van der Waals surface area contributed by atoms with Crippen molar-refractivity contribution in [3.05, 3.63) is 88.9 Å². The Morgan fingerprint density at radius 2 is 1.52 bits per heavy atom. The Kier molecular flexibility index (Phi) is 4.31. The highest BCUT2D eigenvalue weighted by molar-refractivity contribution is 6.31. The van der Waals surface area contributed by atoms with Crippen molar-refractivity contribution in [2.24, 2.45) is 0 Å². The second kappa shape index (κ2) is 6.55. The van der Waals surface area contributed by atoms with Gasteiger partial charge < -0.3 is 9.84 Å². The molecule has 4 heteroatoms. The Balaban J connectivity index is 1.80. The fourth-order valence-corrected chi connectivity index (χ4v) is 2.32. The SMILES string of the molecule is O=C(c1ccc(Oc2ccccc2)cc1)c1ccc(Cl)cc1O. The number of aromatic hydroxyl groups is 1. The first kappa shape index (κ1) is 15.1. The summed E-state index contributed by atoms with van der Waals surface area (Å²) in [6.07, 6.45) is 0. The molecule has 0 amide bonds. The van der Waals surface area contributed by atoms with E-state index in [1.54, 1.807) is 30.3 Å². The minimum Gasteiger partial charge on any atom is -0.507 e. The van der Waals surface area contributed by atoms with Crippen LogP contribution in [0.2, 0.25) is 5.02 Å². The molecule has 0 fully saturated rings. The Morgan fingerprint density at radius 3 is 2.17 bits per heavy atom. The normalized spacial score (nSPS) is 10.3. The minimum atomic E-state index is -0.273. The van der Waals surface area contributed by atoms with Crippen LogP contribution in [-0.4, -0.2) is 10.9 Å². The van der Waals surface area contributed by atoms with Gasteiger partial charge >= 0.3 is 0 Å². The van der Waals surface area contributed by atoms with Gasteiger partial charge in [-0.05, 0) is 54.6 Å². The van der Waals surface area contributed by atoms with Gasteiger partial charge in [0.05, 0.1) is 5.56 Å². The van der Waals surface area contributed by atoms with Crippen LogP contribution in [0.15, 0.2) is 72.8 Å². The van der Waals surface area contributed by atoms with Crippen molar-refractivity contribution in [2.75, 3.05) is 0 Å². The fourth-order valence-electron chi connectivity index (χ4n) is 2.15. The number of halogens is 1. The van der Waals surface area contributed by atoms with Crippen LogP contribution < -0.4 is 4.74 Å². The first-order valence-corrected chi connectivity index (χ1v) is 7.37. The van der Waals surface area contributed by atoms with Gasteiger partial charge in [-0.25, -0.2) is 0 Å². The number of phenolic OH excluding ortho intramolecular Hbond substituents is 1. The van der Waals surface area contributed by atoms with E-state index in [0.29, 0.717) is 16.3 Å². The average Bonchev–Trinajstić information content (AvgIpc) is 2.56. The number of ether oxygens (including phenoxy) is 1. The lowest BCUT2D eigenvalue weighted by molar-refractivity contribution is 0.103. The van der Waals surface area contributed by atoms with E-state index in [4.69, 9.17) is 16.3 Å². The molecular formula is C19H13ClO3. The summed E-state index contributed by atoms with van der Waals surface area (Å²) in [5.74, 6) is 0.951. The molecule has 0 saturated carbocycles. The van der Waals surface area contributed by atoms with Crippen molar-refractivity contribution < 1.29 is 14.6 Å². The molecular weight excluding hydrogens is 312 g/mol. The number of ketones is 1. The molecule has 0 atom stereocenters. The summed E-state index contributed by atoms with van der Waals surface area (Å²) in [6.45, 7) is 0. The summed E-state index contributed by atoms with van der Waals surface area (Å²) in [7, 11) is 0. The van der Waals surface area contributed by atoms with Gasteiger partial charge in [0.2, 0.25) is 0 Å². The van der Waals surface area contributed by atoms with E-state index >= 15 is 0 Å². The Bertz CT molecular complexity index is 827. The summed E-state index contributed by atoms with van der Waals surface area (Å²) in [6, 6.07) is 20.6. The Labute approximate surface area is 138 Å². The van der Waals surface area contributed by atoms with Crippen LogP contribution in [0.4, 0.5) is 0 Å². The first-order valence-electron chi connectivity index (χ1n) is 7.00. The molecule has 0 heterocycles. The maximum atomic E-state index is 12.4. The van der Waals surface area contributed by atoms with Crippen molar-refractivity contribution in [1.29, 1.82) is 0 Å². The molecule has 0 unspecified atom stereocenters. The van der Waals surface area contributed by atoms with E-state index in [1.807, 2.05) is 30.3 Å². The van der Waals surface area contributed by atoms with Gasteiger partial charge in [0.25, 0.3) is 0 Å². The van der Waals surface area contributed by atoms with Crippen LogP contribution in [0.5, 0.6) is 17.2 Å². The van der Waals surface area contributed by atoms with Crippen molar-refractivity contribution in [1.82, 2.24) is 0 Å². The number of hydrogen-bond donors (Lipinski definition) is 1. The molecule has 0 bridgehead atoms. The third-order valence-electron chi connectivity index (χ3n) is 3.30. The standard InChI is InChI=1S/C19H13ClO3/c20-14-8-11-17(18(21)12-14)19(22)13-6-9-16(10-7-13)23-15-4-2-1-3-5-15/h1-12,21H. The van der Waals surface area contributed by atoms with E-state index in [1.165, 1.54) is 12.1 Å². The molecule has 1 N–H and O–H groups in total. The predicted molar refractivity (Wildman–Crippen MR) is 89.5 cm³/mol. The fraction of sp³-hybridized carbons (Fsp3) is 0. The quantitative estimate of drug-likeness (QED) is 0.682. The third kappa shape index (κ3) is 3.52. The van der Waals surface area contributed by atoms with E-state index in [2.05, 4.69) is 0 Å².